The summed E-state index contributed by atoms with van der Waals surface area (Å²) in [4.78, 5) is 0. The summed E-state index contributed by atoms with van der Waals surface area (Å²) in [6.07, 6.45) is 1.76. The van der Waals surface area contributed by atoms with Crippen LogP contribution in [-0.2, 0) is 12.0 Å². The largest absolute Gasteiger partial charge is 0.363 e. The van der Waals surface area contributed by atoms with Crippen molar-refractivity contribution in [2.45, 2.75) is 18.4 Å². The molecule has 1 aliphatic rings. The smallest absolute Gasteiger partial charge is 0.151 e. The molecule has 0 amide bonds. The molecule has 0 bridgehead atoms. The van der Waals surface area contributed by atoms with Crippen molar-refractivity contribution in [1.82, 2.24) is 0 Å². The standard InChI is InChI=1S/C16H13BrN2/c17-14-7-3-4-8-15(14)19-16(11-18)10-9-12-5-1-2-6-13(12)16/h1-8,19H,9-10H2. The molecular weight excluding hydrogens is 300 g/mol. The van der Waals surface area contributed by atoms with E-state index in [1.807, 2.05) is 36.4 Å². The van der Waals surface area contributed by atoms with Gasteiger partial charge in [-0.3, -0.25) is 0 Å². The number of nitrogens with one attached hydrogen (secondary N) is 1. The van der Waals surface area contributed by atoms with Crippen LogP contribution in [0.1, 0.15) is 17.5 Å². The van der Waals surface area contributed by atoms with Crippen molar-refractivity contribution in [2.75, 3.05) is 5.32 Å². The van der Waals surface area contributed by atoms with E-state index in [-0.39, 0.29) is 0 Å². The zero-order valence-electron chi connectivity index (χ0n) is 10.4. The molecule has 0 aromatic heterocycles. The third-order valence-corrected chi connectivity index (χ3v) is 4.35. The lowest BCUT2D eigenvalue weighted by atomic mass is 9.93. The number of halogens is 1. The fourth-order valence-corrected chi connectivity index (χ4v) is 3.06. The third kappa shape index (κ3) is 2.02. The molecule has 2 aromatic rings. The van der Waals surface area contributed by atoms with Crippen molar-refractivity contribution >= 4 is 21.6 Å². The number of anilines is 1. The highest BCUT2D eigenvalue weighted by molar-refractivity contribution is 9.10. The highest BCUT2D eigenvalue weighted by Crippen LogP contribution is 2.40. The number of para-hydroxylation sites is 1. The van der Waals surface area contributed by atoms with E-state index >= 15 is 0 Å². The number of hydrogen-bond acceptors (Lipinski definition) is 2. The molecule has 1 unspecified atom stereocenters. The highest BCUT2D eigenvalue weighted by atomic mass is 79.9. The van der Waals surface area contributed by atoms with E-state index in [0.29, 0.717) is 0 Å². The van der Waals surface area contributed by atoms with Gasteiger partial charge in [0.1, 0.15) is 0 Å². The second-order valence-electron chi connectivity index (χ2n) is 4.78. The van der Waals surface area contributed by atoms with Crippen molar-refractivity contribution in [1.29, 1.82) is 5.26 Å². The van der Waals surface area contributed by atoms with Gasteiger partial charge in [-0.15, -0.1) is 0 Å². The molecule has 2 aromatic carbocycles. The number of rotatable bonds is 2. The van der Waals surface area contributed by atoms with Gasteiger partial charge in [0.05, 0.1) is 6.07 Å². The third-order valence-electron chi connectivity index (χ3n) is 3.66. The molecular formula is C16H13BrN2. The average Bonchev–Trinajstić information content (AvgIpc) is 2.81. The lowest BCUT2D eigenvalue weighted by molar-refractivity contribution is 0.620. The Labute approximate surface area is 121 Å². The maximum absolute atomic E-state index is 9.69. The Morgan fingerprint density at radius 3 is 2.63 bits per heavy atom. The molecule has 0 saturated carbocycles. The van der Waals surface area contributed by atoms with E-state index in [1.54, 1.807) is 0 Å². The summed E-state index contributed by atoms with van der Waals surface area (Å²) in [7, 11) is 0. The van der Waals surface area contributed by atoms with Gasteiger partial charge in [0.15, 0.2) is 5.54 Å². The van der Waals surface area contributed by atoms with Gasteiger partial charge in [-0.2, -0.15) is 5.26 Å². The average molecular weight is 313 g/mol. The summed E-state index contributed by atoms with van der Waals surface area (Å²) in [6.45, 7) is 0. The lowest BCUT2D eigenvalue weighted by Crippen LogP contribution is -2.31. The highest BCUT2D eigenvalue weighted by Gasteiger charge is 2.39. The number of hydrogen-bond donors (Lipinski definition) is 1. The molecule has 3 heteroatoms. The van der Waals surface area contributed by atoms with E-state index in [4.69, 9.17) is 0 Å². The Bertz CT molecular complexity index is 660. The molecule has 3 rings (SSSR count). The predicted molar refractivity (Wildman–Crippen MR) is 79.8 cm³/mol. The first-order valence-electron chi connectivity index (χ1n) is 6.27. The van der Waals surface area contributed by atoms with Crippen molar-refractivity contribution in [2.24, 2.45) is 0 Å². The van der Waals surface area contributed by atoms with E-state index in [0.717, 1.165) is 28.6 Å². The Hall–Kier alpha value is -1.79. The Kier molecular flexibility index (Phi) is 3.04. The van der Waals surface area contributed by atoms with Crippen LogP contribution < -0.4 is 5.32 Å². The van der Waals surface area contributed by atoms with Crippen molar-refractivity contribution in [3.63, 3.8) is 0 Å². The first-order chi connectivity index (χ1) is 9.25. The van der Waals surface area contributed by atoms with Crippen LogP contribution in [0.2, 0.25) is 0 Å². The van der Waals surface area contributed by atoms with E-state index in [1.165, 1.54) is 5.56 Å². The molecule has 1 aliphatic carbocycles. The van der Waals surface area contributed by atoms with Gasteiger partial charge in [0.25, 0.3) is 0 Å². The Balaban J connectivity index is 2.04. The van der Waals surface area contributed by atoms with Crippen LogP contribution in [0, 0.1) is 11.3 Å². The van der Waals surface area contributed by atoms with Crippen molar-refractivity contribution in [3.05, 3.63) is 64.1 Å². The molecule has 0 heterocycles. The lowest BCUT2D eigenvalue weighted by Gasteiger charge is -2.26. The van der Waals surface area contributed by atoms with Gasteiger partial charge < -0.3 is 5.32 Å². The number of fused-ring (bicyclic) bond motifs is 1. The fourth-order valence-electron chi connectivity index (χ4n) is 2.68. The van der Waals surface area contributed by atoms with Crippen LogP contribution >= 0.6 is 15.9 Å². The summed E-state index contributed by atoms with van der Waals surface area (Å²) in [5.74, 6) is 0. The van der Waals surface area contributed by atoms with Gasteiger partial charge in [0, 0.05) is 10.2 Å². The summed E-state index contributed by atoms with van der Waals surface area (Å²) < 4.78 is 0.981. The first kappa shape index (κ1) is 12.3. The van der Waals surface area contributed by atoms with Gasteiger partial charge >= 0.3 is 0 Å². The molecule has 0 radical (unpaired) electrons. The zero-order valence-corrected chi connectivity index (χ0v) is 11.9. The molecule has 0 saturated heterocycles. The minimum absolute atomic E-state index is 0.611. The molecule has 0 spiro atoms. The normalized spacial score (nSPS) is 20.6. The number of benzene rings is 2. The minimum Gasteiger partial charge on any atom is -0.363 e. The summed E-state index contributed by atoms with van der Waals surface area (Å²) >= 11 is 3.52. The van der Waals surface area contributed by atoms with E-state index < -0.39 is 5.54 Å². The van der Waals surface area contributed by atoms with Crippen molar-refractivity contribution < 1.29 is 0 Å². The molecule has 1 atom stereocenters. The molecule has 19 heavy (non-hydrogen) atoms. The van der Waals surface area contributed by atoms with Crippen LogP contribution in [0.15, 0.2) is 53.0 Å². The predicted octanol–water partition coefficient (Wildman–Crippen LogP) is 4.23. The van der Waals surface area contributed by atoms with Crippen molar-refractivity contribution in [3.8, 4) is 6.07 Å². The maximum Gasteiger partial charge on any atom is 0.151 e. The van der Waals surface area contributed by atoms with Crippen LogP contribution in [0.3, 0.4) is 0 Å². The number of nitrogens with zero attached hydrogens (tertiary/aromatic N) is 1. The molecule has 0 fully saturated rings. The van der Waals surface area contributed by atoms with Crippen LogP contribution in [-0.4, -0.2) is 0 Å². The number of nitriles is 1. The molecule has 1 N–H and O–H groups in total. The zero-order chi connectivity index (χ0) is 13.3. The topological polar surface area (TPSA) is 35.8 Å². The van der Waals surface area contributed by atoms with Gasteiger partial charge in [0.2, 0.25) is 0 Å². The Morgan fingerprint density at radius 1 is 1.11 bits per heavy atom. The minimum atomic E-state index is -0.611. The first-order valence-corrected chi connectivity index (χ1v) is 7.07. The second-order valence-corrected chi connectivity index (χ2v) is 5.63. The van der Waals surface area contributed by atoms with Crippen LogP contribution in [0.4, 0.5) is 5.69 Å². The van der Waals surface area contributed by atoms with E-state index in [2.05, 4.69) is 39.4 Å². The SMILES string of the molecule is N#CC1(Nc2ccccc2Br)CCc2ccccc21. The van der Waals surface area contributed by atoms with Crippen LogP contribution in [0.25, 0.3) is 0 Å². The van der Waals surface area contributed by atoms with Crippen LogP contribution in [0.5, 0.6) is 0 Å². The fraction of sp³-hybridized carbons (Fsp3) is 0.188. The maximum atomic E-state index is 9.69. The summed E-state index contributed by atoms with van der Waals surface area (Å²) in [5, 5.41) is 13.1. The molecule has 0 aliphatic heterocycles. The number of aryl methyl sites for hydroxylation is 1. The monoisotopic (exact) mass is 312 g/mol. The summed E-state index contributed by atoms with van der Waals surface area (Å²) in [5.41, 5.74) is 2.72. The van der Waals surface area contributed by atoms with E-state index in [9.17, 15) is 5.26 Å². The second kappa shape index (κ2) is 4.71. The van der Waals surface area contributed by atoms with Gasteiger partial charge in [-0.05, 0) is 52.0 Å². The van der Waals surface area contributed by atoms with Gasteiger partial charge in [-0.25, -0.2) is 0 Å². The Morgan fingerprint density at radius 2 is 1.84 bits per heavy atom. The van der Waals surface area contributed by atoms with Gasteiger partial charge in [-0.1, -0.05) is 36.4 Å². The quantitative estimate of drug-likeness (QED) is 0.901. The summed E-state index contributed by atoms with van der Waals surface area (Å²) in [6, 6.07) is 18.6. The molecule has 2 nitrogen and oxygen atoms in total. The molecule has 94 valence electrons.